The number of nitrogens with one attached hydrogen (secondary N) is 2. The maximum atomic E-state index is 12.2. The van der Waals surface area contributed by atoms with Gasteiger partial charge in [-0.3, -0.25) is 14.9 Å². The van der Waals surface area contributed by atoms with Crippen LogP contribution in [-0.2, 0) is 6.54 Å². The second kappa shape index (κ2) is 5.42. The molecule has 2 heterocycles. The second-order valence-electron chi connectivity index (χ2n) is 5.69. The lowest BCUT2D eigenvalue weighted by Gasteiger charge is -2.23. The fraction of sp³-hybridized carbons (Fsp3) is 0.312. The molecular formula is C16H17N5O2. The Kier molecular flexibility index (Phi) is 3.25. The highest BCUT2D eigenvalue weighted by atomic mass is 16.5. The number of aromatic amines is 2. The summed E-state index contributed by atoms with van der Waals surface area (Å²) in [6.45, 7) is 0.636. The van der Waals surface area contributed by atoms with Crippen LogP contribution in [0.4, 0.5) is 5.95 Å². The SMILES string of the molecule is COc1ccccc1CN(c1nc2[nH]ncc2c(=O)[nH]1)C1CC1. The summed E-state index contributed by atoms with van der Waals surface area (Å²) in [4.78, 5) is 21.7. The molecule has 1 fully saturated rings. The van der Waals surface area contributed by atoms with Crippen LogP contribution in [0.2, 0.25) is 0 Å². The molecule has 2 aromatic heterocycles. The number of ether oxygens (including phenoxy) is 1. The highest BCUT2D eigenvalue weighted by molar-refractivity contribution is 5.73. The Morgan fingerprint density at radius 1 is 1.35 bits per heavy atom. The summed E-state index contributed by atoms with van der Waals surface area (Å²) in [5.74, 6) is 1.41. The van der Waals surface area contributed by atoms with E-state index in [-0.39, 0.29) is 5.56 Å². The summed E-state index contributed by atoms with van der Waals surface area (Å²) in [5, 5.41) is 7.13. The maximum absolute atomic E-state index is 12.2. The van der Waals surface area contributed by atoms with Crippen molar-refractivity contribution in [2.45, 2.75) is 25.4 Å². The zero-order chi connectivity index (χ0) is 15.8. The largest absolute Gasteiger partial charge is 0.496 e. The van der Waals surface area contributed by atoms with E-state index < -0.39 is 0 Å². The third kappa shape index (κ3) is 2.54. The van der Waals surface area contributed by atoms with Crippen LogP contribution in [0.1, 0.15) is 18.4 Å². The number of hydrogen-bond acceptors (Lipinski definition) is 5. The van der Waals surface area contributed by atoms with Crippen molar-refractivity contribution in [2.75, 3.05) is 12.0 Å². The third-order valence-corrected chi connectivity index (χ3v) is 4.10. The number of rotatable bonds is 5. The topological polar surface area (TPSA) is 86.9 Å². The Morgan fingerprint density at radius 2 is 2.17 bits per heavy atom. The van der Waals surface area contributed by atoms with Crippen LogP contribution in [0.25, 0.3) is 11.0 Å². The van der Waals surface area contributed by atoms with Gasteiger partial charge in [-0.2, -0.15) is 10.1 Å². The van der Waals surface area contributed by atoms with Gasteiger partial charge >= 0.3 is 0 Å². The third-order valence-electron chi connectivity index (χ3n) is 4.10. The van der Waals surface area contributed by atoms with Crippen molar-refractivity contribution >= 4 is 17.0 Å². The number of benzene rings is 1. The molecule has 0 radical (unpaired) electrons. The first kappa shape index (κ1) is 13.8. The minimum atomic E-state index is -0.176. The van der Waals surface area contributed by atoms with Gasteiger partial charge in [0.2, 0.25) is 5.95 Å². The molecule has 7 nitrogen and oxygen atoms in total. The van der Waals surface area contributed by atoms with E-state index in [0.29, 0.717) is 29.6 Å². The molecule has 3 aromatic rings. The molecule has 0 unspecified atom stereocenters. The van der Waals surface area contributed by atoms with Gasteiger partial charge in [-0.15, -0.1) is 0 Å². The zero-order valence-corrected chi connectivity index (χ0v) is 12.7. The Balaban J connectivity index is 1.74. The molecule has 0 spiro atoms. The number of para-hydroxylation sites is 1. The minimum absolute atomic E-state index is 0.176. The van der Waals surface area contributed by atoms with Crippen molar-refractivity contribution in [1.29, 1.82) is 0 Å². The Bertz CT molecular complexity index is 897. The van der Waals surface area contributed by atoms with Gasteiger partial charge < -0.3 is 9.64 Å². The van der Waals surface area contributed by atoms with E-state index in [2.05, 4.69) is 25.1 Å². The first-order chi connectivity index (χ1) is 11.3. The van der Waals surface area contributed by atoms with Gasteiger partial charge in [0.1, 0.15) is 11.1 Å². The average molecular weight is 311 g/mol. The molecule has 2 N–H and O–H groups in total. The van der Waals surface area contributed by atoms with Crippen LogP contribution >= 0.6 is 0 Å². The minimum Gasteiger partial charge on any atom is -0.496 e. The quantitative estimate of drug-likeness (QED) is 0.750. The van der Waals surface area contributed by atoms with E-state index in [4.69, 9.17) is 4.74 Å². The van der Waals surface area contributed by atoms with E-state index in [9.17, 15) is 4.79 Å². The standard InChI is InChI=1S/C16H17N5O2/c1-23-13-5-3-2-4-10(13)9-21(11-6-7-11)16-18-14-12(8-17-20-14)15(22)19-16/h2-5,8,11H,6-7,9H2,1H3,(H2,17,18,19,20,22). The van der Waals surface area contributed by atoms with Crippen LogP contribution in [0.15, 0.2) is 35.3 Å². The van der Waals surface area contributed by atoms with E-state index in [1.54, 1.807) is 7.11 Å². The number of anilines is 1. The van der Waals surface area contributed by atoms with Crippen molar-refractivity contribution in [1.82, 2.24) is 20.2 Å². The van der Waals surface area contributed by atoms with Crippen molar-refractivity contribution in [3.8, 4) is 5.75 Å². The van der Waals surface area contributed by atoms with Gasteiger partial charge in [-0.1, -0.05) is 18.2 Å². The fourth-order valence-corrected chi connectivity index (χ4v) is 2.75. The van der Waals surface area contributed by atoms with Gasteiger partial charge in [-0.25, -0.2) is 0 Å². The predicted octanol–water partition coefficient (Wildman–Crippen LogP) is 1.82. The molecule has 7 heteroatoms. The van der Waals surface area contributed by atoms with Gasteiger partial charge in [0.05, 0.1) is 13.3 Å². The molecule has 118 valence electrons. The second-order valence-corrected chi connectivity index (χ2v) is 5.69. The lowest BCUT2D eigenvalue weighted by atomic mass is 10.2. The average Bonchev–Trinajstić information content (AvgIpc) is 3.29. The summed E-state index contributed by atoms with van der Waals surface area (Å²) in [7, 11) is 1.66. The molecule has 0 amide bonds. The van der Waals surface area contributed by atoms with Gasteiger partial charge in [0, 0.05) is 18.2 Å². The number of nitrogens with zero attached hydrogens (tertiary/aromatic N) is 3. The highest BCUT2D eigenvalue weighted by Gasteiger charge is 2.31. The maximum Gasteiger partial charge on any atom is 0.263 e. The lowest BCUT2D eigenvalue weighted by Crippen LogP contribution is -2.29. The van der Waals surface area contributed by atoms with E-state index in [1.807, 2.05) is 24.3 Å². The Labute approximate surface area is 132 Å². The molecule has 1 aliphatic carbocycles. The van der Waals surface area contributed by atoms with Crippen molar-refractivity contribution in [3.05, 3.63) is 46.4 Å². The monoisotopic (exact) mass is 311 g/mol. The molecule has 1 aliphatic rings. The van der Waals surface area contributed by atoms with Crippen LogP contribution < -0.4 is 15.2 Å². The van der Waals surface area contributed by atoms with Crippen LogP contribution in [0.5, 0.6) is 5.75 Å². The van der Waals surface area contributed by atoms with Gasteiger partial charge in [0.25, 0.3) is 5.56 Å². The first-order valence-corrected chi connectivity index (χ1v) is 7.58. The molecule has 1 saturated carbocycles. The van der Waals surface area contributed by atoms with E-state index in [1.165, 1.54) is 6.20 Å². The predicted molar refractivity (Wildman–Crippen MR) is 86.7 cm³/mol. The Morgan fingerprint density at radius 3 is 2.96 bits per heavy atom. The lowest BCUT2D eigenvalue weighted by molar-refractivity contribution is 0.409. The molecule has 23 heavy (non-hydrogen) atoms. The number of H-pyrrole nitrogens is 2. The first-order valence-electron chi connectivity index (χ1n) is 7.58. The highest BCUT2D eigenvalue weighted by Crippen LogP contribution is 2.32. The molecule has 0 atom stereocenters. The molecule has 4 rings (SSSR count). The molecular weight excluding hydrogens is 294 g/mol. The zero-order valence-electron chi connectivity index (χ0n) is 12.7. The number of hydrogen-bond donors (Lipinski definition) is 2. The van der Waals surface area contributed by atoms with E-state index in [0.717, 1.165) is 24.2 Å². The van der Waals surface area contributed by atoms with E-state index >= 15 is 0 Å². The van der Waals surface area contributed by atoms with Crippen molar-refractivity contribution in [3.63, 3.8) is 0 Å². The molecule has 0 aliphatic heterocycles. The molecule has 0 saturated heterocycles. The Hall–Kier alpha value is -2.83. The number of fused-ring (bicyclic) bond motifs is 1. The van der Waals surface area contributed by atoms with Crippen LogP contribution in [0, 0.1) is 0 Å². The van der Waals surface area contributed by atoms with Crippen LogP contribution in [0.3, 0.4) is 0 Å². The summed E-state index contributed by atoms with van der Waals surface area (Å²) in [5.41, 5.74) is 1.40. The van der Waals surface area contributed by atoms with Crippen molar-refractivity contribution in [2.24, 2.45) is 0 Å². The summed E-state index contributed by atoms with van der Waals surface area (Å²) in [6.07, 6.45) is 3.69. The van der Waals surface area contributed by atoms with Gasteiger partial charge in [0.15, 0.2) is 5.65 Å². The smallest absolute Gasteiger partial charge is 0.263 e. The number of methoxy groups -OCH3 is 1. The normalized spacial score (nSPS) is 14.1. The van der Waals surface area contributed by atoms with Crippen LogP contribution in [-0.4, -0.2) is 33.3 Å². The number of aromatic nitrogens is 4. The summed E-state index contributed by atoms with van der Waals surface area (Å²) in [6, 6.07) is 8.29. The molecule has 0 bridgehead atoms. The summed E-state index contributed by atoms with van der Waals surface area (Å²) >= 11 is 0. The van der Waals surface area contributed by atoms with Crippen molar-refractivity contribution < 1.29 is 4.74 Å². The van der Waals surface area contributed by atoms with Gasteiger partial charge in [-0.05, 0) is 18.9 Å². The fourth-order valence-electron chi connectivity index (χ4n) is 2.75. The molecule has 1 aromatic carbocycles. The summed E-state index contributed by atoms with van der Waals surface area (Å²) < 4.78 is 5.43.